The van der Waals surface area contributed by atoms with E-state index in [0.29, 0.717) is 18.6 Å². The molecule has 1 saturated heterocycles. The van der Waals surface area contributed by atoms with Crippen LogP contribution in [0.15, 0.2) is 35.3 Å². The van der Waals surface area contributed by atoms with Crippen LogP contribution >= 0.6 is 0 Å². The van der Waals surface area contributed by atoms with Crippen molar-refractivity contribution in [3.8, 4) is 5.69 Å². The van der Waals surface area contributed by atoms with E-state index < -0.39 is 46.5 Å². The van der Waals surface area contributed by atoms with Crippen molar-refractivity contribution in [2.24, 2.45) is 5.92 Å². The summed E-state index contributed by atoms with van der Waals surface area (Å²) < 4.78 is 44.1. The van der Waals surface area contributed by atoms with Gasteiger partial charge in [0.15, 0.2) is 17.3 Å². The van der Waals surface area contributed by atoms with Crippen LogP contribution in [0, 0.1) is 23.4 Å². The number of pyridine rings is 2. The first-order valence-electron chi connectivity index (χ1n) is 11.5. The SMILES string of the molecule is CC(C)C[C@@H](C)NC(=O)c1cn(-c2c(F)cc(F)cc2F)c2nc(N3C[C@@H](O)CC3=O)ccc2c1=O. The molecule has 36 heavy (non-hydrogen) atoms. The van der Waals surface area contributed by atoms with Gasteiger partial charge in [0.2, 0.25) is 11.3 Å². The number of anilines is 1. The molecule has 2 amide bonds. The van der Waals surface area contributed by atoms with Crippen LogP contribution in [0.5, 0.6) is 0 Å². The van der Waals surface area contributed by atoms with E-state index in [0.717, 1.165) is 10.8 Å². The van der Waals surface area contributed by atoms with E-state index in [4.69, 9.17) is 0 Å². The monoisotopic (exact) mass is 502 g/mol. The van der Waals surface area contributed by atoms with Gasteiger partial charge in [0.05, 0.1) is 24.5 Å². The lowest BCUT2D eigenvalue weighted by Crippen LogP contribution is -2.36. The van der Waals surface area contributed by atoms with Gasteiger partial charge in [-0.25, -0.2) is 18.2 Å². The van der Waals surface area contributed by atoms with Gasteiger partial charge in [-0.3, -0.25) is 23.9 Å². The molecule has 0 saturated carbocycles. The predicted molar refractivity (Wildman–Crippen MR) is 127 cm³/mol. The summed E-state index contributed by atoms with van der Waals surface area (Å²) in [4.78, 5) is 44.0. The molecule has 2 N–H and O–H groups in total. The highest BCUT2D eigenvalue weighted by Gasteiger charge is 2.31. The number of nitrogens with one attached hydrogen (secondary N) is 1. The normalized spacial score (nSPS) is 16.7. The third kappa shape index (κ3) is 4.83. The minimum absolute atomic E-state index is 0.0443. The Morgan fingerprint density at radius 2 is 1.83 bits per heavy atom. The fourth-order valence-corrected chi connectivity index (χ4v) is 4.42. The molecule has 1 aliphatic rings. The van der Waals surface area contributed by atoms with E-state index in [1.165, 1.54) is 17.0 Å². The Morgan fingerprint density at radius 1 is 1.17 bits per heavy atom. The lowest BCUT2D eigenvalue weighted by Gasteiger charge is -2.19. The van der Waals surface area contributed by atoms with Crippen LogP contribution in [0.2, 0.25) is 0 Å². The van der Waals surface area contributed by atoms with Gasteiger partial charge in [-0.1, -0.05) is 13.8 Å². The Hall–Kier alpha value is -3.73. The van der Waals surface area contributed by atoms with E-state index in [2.05, 4.69) is 10.3 Å². The molecule has 2 atom stereocenters. The van der Waals surface area contributed by atoms with Crippen molar-refractivity contribution in [3.63, 3.8) is 0 Å². The van der Waals surface area contributed by atoms with Crippen molar-refractivity contribution in [3.05, 3.63) is 63.7 Å². The Kier molecular flexibility index (Phi) is 6.85. The molecule has 3 heterocycles. The van der Waals surface area contributed by atoms with Crippen LogP contribution < -0.4 is 15.6 Å². The van der Waals surface area contributed by atoms with Crippen molar-refractivity contribution in [1.82, 2.24) is 14.9 Å². The second-order valence-corrected chi connectivity index (χ2v) is 9.37. The van der Waals surface area contributed by atoms with E-state index in [-0.39, 0.29) is 47.3 Å². The lowest BCUT2D eigenvalue weighted by atomic mass is 10.0. The molecule has 11 heteroatoms. The minimum atomic E-state index is -1.28. The molecule has 1 aromatic carbocycles. The smallest absolute Gasteiger partial charge is 0.256 e. The number of benzene rings is 1. The molecule has 0 radical (unpaired) electrons. The Morgan fingerprint density at radius 3 is 2.42 bits per heavy atom. The second-order valence-electron chi connectivity index (χ2n) is 9.37. The molecule has 0 spiro atoms. The Balaban J connectivity index is 1.94. The molecule has 3 aromatic rings. The molecule has 0 unspecified atom stereocenters. The lowest BCUT2D eigenvalue weighted by molar-refractivity contribution is -0.117. The third-order valence-electron chi connectivity index (χ3n) is 5.89. The number of aromatic nitrogens is 2. The van der Waals surface area contributed by atoms with Crippen molar-refractivity contribution in [1.29, 1.82) is 0 Å². The van der Waals surface area contributed by atoms with Crippen LogP contribution in [0.4, 0.5) is 19.0 Å². The van der Waals surface area contributed by atoms with Gasteiger partial charge in [0, 0.05) is 24.4 Å². The molecule has 1 aliphatic heterocycles. The van der Waals surface area contributed by atoms with Gasteiger partial charge in [0.25, 0.3) is 5.91 Å². The van der Waals surface area contributed by atoms with Crippen molar-refractivity contribution in [2.75, 3.05) is 11.4 Å². The zero-order valence-corrected chi connectivity index (χ0v) is 19.9. The Labute approximate surface area is 204 Å². The quantitative estimate of drug-likeness (QED) is 0.539. The number of carbonyl (C=O) groups is 2. The van der Waals surface area contributed by atoms with E-state index >= 15 is 0 Å². The summed E-state index contributed by atoms with van der Waals surface area (Å²) in [5.41, 5.74) is -2.11. The fourth-order valence-electron chi connectivity index (χ4n) is 4.42. The average Bonchev–Trinajstić information content (AvgIpc) is 3.11. The van der Waals surface area contributed by atoms with Gasteiger partial charge in [-0.05, 0) is 31.4 Å². The molecule has 8 nitrogen and oxygen atoms in total. The number of hydrogen-bond donors (Lipinski definition) is 2. The summed E-state index contributed by atoms with van der Waals surface area (Å²) in [6.45, 7) is 5.67. The zero-order valence-electron chi connectivity index (χ0n) is 19.9. The van der Waals surface area contributed by atoms with Gasteiger partial charge in [0.1, 0.15) is 22.9 Å². The van der Waals surface area contributed by atoms with Crippen molar-refractivity contribution in [2.45, 2.75) is 45.8 Å². The topological polar surface area (TPSA) is 105 Å². The molecule has 1 fully saturated rings. The van der Waals surface area contributed by atoms with Gasteiger partial charge >= 0.3 is 0 Å². The van der Waals surface area contributed by atoms with E-state index in [1.54, 1.807) is 6.92 Å². The molecule has 4 rings (SSSR count). The molecule has 0 bridgehead atoms. The number of fused-ring (bicyclic) bond motifs is 1. The van der Waals surface area contributed by atoms with E-state index in [1.807, 2.05) is 13.8 Å². The van der Waals surface area contributed by atoms with Gasteiger partial charge in [-0.15, -0.1) is 0 Å². The number of aliphatic hydroxyl groups excluding tert-OH is 1. The first kappa shape index (κ1) is 25.4. The number of aliphatic hydroxyl groups is 1. The first-order valence-corrected chi connectivity index (χ1v) is 11.5. The fraction of sp³-hybridized carbons (Fsp3) is 0.360. The maximum absolute atomic E-state index is 14.8. The molecular weight excluding hydrogens is 477 g/mol. The number of nitrogens with zero attached hydrogens (tertiary/aromatic N) is 3. The number of hydrogen-bond acceptors (Lipinski definition) is 5. The first-order chi connectivity index (χ1) is 17.0. The maximum Gasteiger partial charge on any atom is 0.256 e. The highest BCUT2D eigenvalue weighted by atomic mass is 19.1. The van der Waals surface area contributed by atoms with Crippen LogP contribution in [0.1, 0.15) is 44.0 Å². The molecular formula is C25H25F3N4O4. The second kappa shape index (κ2) is 9.73. The summed E-state index contributed by atoms with van der Waals surface area (Å²) in [5, 5.41) is 12.4. The van der Waals surface area contributed by atoms with Gasteiger partial charge in [-0.2, -0.15) is 0 Å². The van der Waals surface area contributed by atoms with Crippen molar-refractivity contribution >= 4 is 28.7 Å². The molecule has 190 valence electrons. The van der Waals surface area contributed by atoms with Gasteiger partial charge < -0.3 is 10.4 Å². The Bertz CT molecular complexity index is 1400. The predicted octanol–water partition coefficient (Wildman–Crippen LogP) is 3.07. The highest BCUT2D eigenvalue weighted by molar-refractivity contribution is 5.99. The zero-order chi connectivity index (χ0) is 26.3. The number of β-amino-alcohol motifs (C(OH)–C–C–N with tert-alkyl or cyclic N) is 1. The average molecular weight is 502 g/mol. The number of halogens is 3. The summed E-state index contributed by atoms with van der Waals surface area (Å²) in [7, 11) is 0. The van der Waals surface area contributed by atoms with Crippen LogP contribution in [-0.2, 0) is 4.79 Å². The standard InChI is InChI=1S/C25H25F3N4O4/c1-12(2)6-13(3)29-25(36)17-11-32(22-18(27)7-14(26)8-19(22)28)24-16(23(17)35)4-5-20(30-24)31-10-15(33)9-21(31)34/h4-5,7-8,11-13,15,33H,6,9-10H2,1-3H3,(H,29,36)/t13-,15+/m1/s1. The third-order valence-corrected chi connectivity index (χ3v) is 5.89. The van der Waals surface area contributed by atoms with Crippen molar-refractivity contribution < 1.29 is 27.9 Å². The minimum Gasteiger partial charge on any atom is -0.391 e. The van der Waals surface area contributed by atoms with E-state index in [9.17, 15) is 32.7 Å². The van der Waals surface area contributed by atoms with Crippen LogP contribution in [-0.4, -0.2) is 45.2 Å². The summed E-state index contributed by atoms with van der Waals surface area (Å²) >= 11 is 0. The number of amides is 2. The maximum atomic E-state index is 14.8. The highest BCUT2D eigenvalue weighted by Crippen LogP contribution is 2.26. The number of rotatable bonds is 6. The largest absolute Gasteiger partial charge is 0.391 e. The summed E-state index contributed by atoms with van der Waals surface area (Å²) in [6, 6.07) is 3.30. The summed E-state index contributed by atoms with van der Waals surface area (Å²) in [5.74, 6) is -4.56. The summed E-state index contributed by atoms with van der Waals surface area (Å²) in [6.07, 6.45) is 0.554. The molecule has 0 aliphatic carbocycles. The van der Waals surface area contributed by atoms with Crippen LogP contribution in [0.25, 0.3) is 16.7 Å². The van der Waals surface area contributed by atoms with Crippen LogP contribution in [0.3, 0.4) is 0 Å². The number of carbonyl (C=O) groups excluding carboxylic acids is 2. The molecule has 2 aromatic heterocycles.